The lowest BCUT2D eigenvalue weighted by Crippen LogP contribution is -2.50. The molecule has 0 saturated heterocycles. The maximum atomic E-state index is 5.92. The molecule has 0 fully saturated rings. The fraction of sp³-hybridized carbons (Fsp3) is 1.00. The van der Waals surface area contributed by atoms with E-state index < -0.39 is 0 Å². The topological polar surface area (TPSA) is 76.1 Å². The van der Waals surface area contributed by atoms with E-state index in [1.807, 2.05) is 7.05 Å². The average Bonchev–Trinajstić information content (AvgIpc) is 2.10. The zero-order chi connectivity index (χ0) is 9.40. The van der Waals surface area contributed by atoms with Crippen LogP contribution >= 0.6 is 0 Å². The Labute approximate surface area is 75.1 Å². The lowest BCUT2D eigenvalue weighted by atomic mass is 10.1. The van der Waals surface area contributed by atoms with Gasteiger partial charge in [0.2, 0.25) is 0 Å². The van der Waals surface area contributed by atoms with E-state index in [-0.39, 0.29) is 12.1 Å². The molecule has 2 unspecified atom stereocenters. The molecule has 0 aliphatic carbocycles. The quantitative estimate of drug-likeness (QED) is 0.393. The first kappa shape index (κ1) is 11.8. The molecule has 0 radical (unpaired) electrons. The summed E-state index contributed by atoms with van der Waals surface area (Å²) in [6.45, 7) is 4.55. The predicted octanol–water partition coefficient (Wildman–Crippen LogP) is -1.14. The zero-order valence-corrected chi connectivity index (χ0v) is 8.14. The minimum atomic E-state index is 0.155. The van der Waals surface area contributed by atoms with Crippen LogP contribution in [0.2, 0.25) is 0 Å². The van der Waals surface area contributed by atoms with Crippen molar-refractivity contribution in [3.8, 4) is 0 Å². The van der Waals surface area contributed by atoms with Gasteiger partial charge in [-0.05, 0) is 26.6 Å². The van der Waals surface area contributed by atoms with Crippen LogP contribution in [0.25, 0.3) is 0 Å². The van der Waals surface area contributed by atoms with Gasteiger partial charge < -0.3 is 22.1 Å². The molecule has 0 aromatic carbocycles. The highest BCUT2D eigenvalue weighted by atomic mass is 15.0. The third-order valence-corrected chi connectivity index (χ3v) is 1.96. The summed E-state index contributed by atoms with van der Waals surface area (Å²) in [7, 11) is 1.93. The maximum absolute atomic E-state index is 5.92. The second-order valence-electron chi connectivity index (χ2n) is 2.96. The molecular formula is C8H22N4. The lowest BCUT2D eigenvalue weighted by Gasteiger charge is -2.22. The Morgan fingerprint density at radius 1 is 1.42 bits per heavy atom. The monoisotopic (exact) mass is 174 g/mol. The Balaban J connectivity index is 3.60. The Kier molecular flexibility index (Phi) is 7.39. The van der Waals surface area contributed by atoms with E-state index >= 15 is 0 Å². The first-order valence-electron chi connectivity index (χ1n) is 4.59. The molecule has 0 aromatic heterocycles. The molecule has 0 amide bonds. The van der Waals surface area contributed by atoms with E-state index in [0.29, 0.717) is 6.54 Å². The van der Waals surface area contributed by atoms with Crippen molar-refractivity contribution in [2.75, 3.05) is 26.7 Å². The molecular weight excluding hydrogens is 152 g/mol. The van der Waals surface area contributed by atoms with Crippen molar-refractivity contribution in [2.24, 2.45) is 11.5 Å². The maximum Gasteiger partial charge on any atom is 0.0342 e. The molecule has 0 saturated carbocycles. The second kappa shape index (κ2) is 7.49. The third-order valence-electron chi connectivity index (χ3n) is 1.96. The third kappa shape index (κ3) is 4.66. The molecule has 0 aliphatic heterocycles. The van der Waals surface area contributed by atoms with Crippen molar-refractivity contribution >= 4 is 0 Å². The number of rotatable bonds is 7. The van der Waals surface area contributed by atoms with Crippen molar-refractivity contribution in [3.63, 3.8) is 0 Å². The van der Waals surface area contributed by atoms with Gasteiger partial charge in [-0.3, -0.25) is 0 Å². The molecule has 6 N–H and O–H groups in total. The van der Waals surface area contributed by atoms with Gasteiger partial charge in [0.05, 0.1) is 0 Å². The van der Waals surface area contributed by atoms with E-state index in [4.69, 9.17) is 11.5 Å². The fourth-order valence-electron chi connectivity index (χ4n) is 1.18. The SMILES string of the molecule is CCNC(CN)C(N)CCNC. The normalized spacial score (nSPS) is 16.0. The van der Waals surface area contributed by atoms with Gasteiger partial charge in [0, 0.05) is 18.6 Å². The first-order chi connectivity index (χ1) is 5.76. The summed E-state index contributed by atoms with van der Waals surface area (Å²) in [6.07, 6.45) is 0.964. The van der Waals surface area contributed by atoms with Gasteiger partial charge in [0.15, 0.2) is 0 Å². The van der Waals surface area contributed by atoms with E-state index in [2.05, 4.69) is 17.6 Å². The highest BCUT2D eigenvalue weighted by Crippen LogP contribution is 1.93. The predicted molar refractivity (Wildman–Crippen MR) is 53.0 cm³/mol. The smallest absolute Gasteiger partial charge is 0.0342 e. The van der Waals surface area contributed by atoms with Gasteiger partial charge >= 0.3 is 0 Å². The van der Waals surface area contributed by atoms with E-state index in [1.54, 1.807) is 0 Å². The van der Waals surface area contributed by atoms with E-state index in [9.17, 15) is 0 Å². The van der Waals surface area contributed by atoms with Gasteiger partial charge in [0.25, 0.3) is 0 Å². The minimum Gasteiger partial charge on any atom is -0.329 e. The molecule has 4 heteroatoms. The zero-order valence-electron chi connectivity index (χ0n) is 8.14. The van der Waals surface area contributed by atoms with E-state index in [0.717, 1.165) is 19.5 Å². The van der Waals surface area contributed by atoms with Crippen LogP contribution in [-0.2, 0) is 0 Å². The van der Waals surface area contributed by atoms with Crippen LogP contribution in [0.1, 0.15) is 13.3 Å². The Morgan fingerprint density at radius 3 is 2.50 bits per heavy atom. The Morgan fingerprint density at radius 2 is 2.08 bits per heavy atom. The van der Waals surface area contributed by atoms with Gasteiger partial charge in [-0.2, -0.15) is 0 Å². The molecule has 2 atom stereocenters. The lowest BCUT2D eigenvalue weighted by molar-refractivity contribution is 0.421. The molecule has 74 valence electrons. The molecule has 0 bridgehead atoms. The number of likely N-dealkylation sites (N-methyl/N-ethyl adjacent to an activating group) is 1. The van der Waals surface area contributed by atoms with Crippen molar-refractivity contribution < 1.29 is 0 Å². The summed E-state index contributed by atoms with van der Waals surface area (Å²) in [6, 6.07) is 0.408. The van der Waals surface area contributed by atoms with Gasteiger partial charge in [-0.1, -0.05) is 6.92 Å². The van der Waals surface area contributed by atoms with Gasteiger partial charge in [-0.25, -0.2) is 0 Å². The molecule has 0 heterocycles. The largest absolute Gasteiger partial charge is 0.329 e. The molecule has 12 heavy (non-hydrogen) atoms. The van der Waals surface area contributed by atoms with Crippen LogP contribution in [0.3, 0.4) is 0 Å². The first-order valence-corrected chi connectivity index (χ1v) is 4.59. The summed E-state index contributed by atoms with van der Waals surface area (Å²) in [4.78, 5) is 0. The van der Waals surface area contributed by atoms with Crippen LogP contribution in [-0.4, -0.2) is 38.8 Å². The van der Waals surface area contributed by atoms with Crippen molar-refractivity contribution in [1.29, 1.82) is 0 Å². The van der Waals surface area contributed by atoms with Crippen LogP contribution < -0.4 is 22.1 Å². The number of nitrogens with one attached hydrogen (secondary N) is 2. The van der Waals surface area contributed by atoms with Crippen LogP contribution in [0.4, 0.5) is 0 Å². The van der Waals surface area contributed by atoms with Crippen LogP contribution in [0, 0.1) is 0 Å². The fourth-order valence-corrected chi connectivity index (χ4v) is 1.18. The van der Waals surface area contributed by atoms with Crippen LogP contribution in [0.5, 0.6) is 0 Å². The molecule has 0 aromatic rings. The molecule has 0 spiro atoms. The summed E-state index contributed by atoms with van der Waals surface area (Å²) < 4.78 is 0. The molecule has 0 rings (SSSR count). The Hall–Kier alpha value is -0.160. The van der Waals surface area contributed by atoms with Crippen LogP contribution in [0.15, 0.2) is 0 Å². The Bertz CT molecular complexity index is 97.1. The summed E-state index contributed by atoms with van der Waals surface area (Å²) in [5.41, 5.74) is 11.5. The summed E-state index contributed by atoms with van der Waals surface area (Å²) >= 11 is 0. The summed E-state index contributed by atoms with van der Waals surface area (Å²) in [5.74, 6) is 0. The van der Waals surface area contributed by atoms with Crippen molar-refractivity contribution in [1.82, 2.24) is 10.6 Å². The minimum absolute atomic E-state index is 0.155. The van der Waals surface area contributed by atoms with Gasteiger partial charge in [-0.15, -0.1) is 0 Å². The average molecular weight is 174 g/mol. The number of nitrogens with two attached hydrogens (primary N) is 2. The molecule has 4 nitrogen and oxygen atoms in total. The number of hydrogen-bond donors (Lipinski definition) is 4. The highest BCUT2D eigenvalue weighted by Gasteiger charge is 2.13. The standard InChI is InChI=1S/C8H22N4/c1-3-12-8(6-9)7(10)4-5-11-2/h7-8,11-12H,3-6,9-10H2,1-2H3. The van der Waals surface area contributed by atoms with E-state index in [1.165, 1.54) is 0 Å². The highest BCUT2D eigenvalue weighted by molar-refractivity contribution is 4.79. The van der Waals surface area contributed by atoms with Gasteiger partial charge in [0.1, 0.15) is 0 Å². The number of hydrogen-bond acceptors (Lipinski definition) is 4. The summed E-state index contributed by atoms with van der Waals surface area (Å²) in [5, 5.41) is 6.33. The second-order valence-corrected chi connectivity index (χ2v) is 2.96. The van der Waals surface area contributed by atoms with Crippen molar-refractivity contribution in [2.45, 2.75) is 25.4 Å². The van der Waals surface area contributed by atoms with Crippen molar-refractivity contribution in [3.05, 3.63) is 0 Å². The molecule has 0 aliphatic rings.